The van der Waals surface area contributed by atoms with Gasteiger partial charge in [0, 0.05) is 0 Å². The molecule has 0 aliphatic heterocycles. The summed E-state index contributed by atoms with van der Waals surface area (Å²) in [6, 6.07) is 36.9. The molecule has 0 aromatic heterocycles. The fourth-order valence-corrected chi connectivity index (χ4v) is 4.42. The van der Waals surface area contributed by atoms with Gasteiger partial charge in [-0.15, -0.1) is 0 Å². The van der Waals surface area contributed by atoms with Crippen LogP contribution in [-0.2, 0) is 15.5 Å². The lowest BCUT2D eigenvalue weighted by Crippen LogP contribution is -2.31. The molecule has 0 atom stereocenters. The summed E-state index contributed by atoms with van der Waals surface area (Å²) in [6.07, 6.45) is 0. The van der Waals surface area contributed by atoms with Gasteiger partial charge in [0.15, 0.2) is 0 Å². The van der Waals surface area contributed by atoms with Crippen molar-refractivity contribution in [2.75, 3.05) is 0 Å². The van der Waals surface area contributed by atoms with E-state index in [0.29, 0.717) is 0 Å². The van der Waals surface area contributed by atoms with Crippen molar-refractivity contribution in [3.8, 4) is 0 Å². The molecule has 152 valence electrons. The maximum absolute atomic E-state index is 11.6. The Bertz CT molecular complexity index is 1090. The van der Waals surface area contributed by atoms with E-state index in [2.05, 4.69) is 36.4 Å². The maximum Gasteiger partial charge on any atom is 0.294 e. The van der Waals surface area contributed by atoms with Crippen LogP contribution in [-0.4, -0.2) is 13.0 Å². The quantitative estimate of drug-likeness (QED) is 0.337. The molecule has 4 aromatic rings. The zero-order chi connectivity index (χ0) is 20.3. The average molecular weight is 435 g/mol. The van der Waals surface area contributed by atoms with E-state index in [-0.39, 0.29) is 18.4 Å². The highest BCUT2D eigenvalue weighted by Crippen LogP contribution is 2.45. The van der Waals surface area contributed by atoms with Crippen LogP contribution in [0.5, 0.6) is 0 Å². The lowest BCUT2D eigenvalue weighted by molar-refractivity contribution is 0.483. The van der Waals surface area contributed by atoms with Crippen molar-refractivity contribution in [1.82, 2.24) is 0 Å². The number of benzene rings is 4. The Kier molecular flexibility index (Phi) is 6.46. The molecule has 5 heteroatoms. The van der Waals surface area contributed by atoms with Crippen LogP contribution in [0.4, 0.5) is 0 Å². The molecule has 1 N–H and O–H groups in total. The summed E-state index contributed by atoms with van der Waals surface area (Å²) < 4.78 is 32.5. The molecule has 0 fully saturated rings. The summed E-state index contributed by atoms with van der Waals surface area (Å²) in [6.45, 7) is 0. The average Bonchev–Trinajstić information content (AvgIpc) is 2.76. The first-order valence-corrected chi connectivity index (χ1v) is 10.7. The second-order valence-electron chi connectivity index (χ2n) is 6.85. The SMILES string of the molecule is O=S(=O)(O)c1ccc(C(c2ccccc2)(c2ccccc2)c2ccccc2)cc1.S. The molecule has 3 nitrogen and oxygen atoms in total. The van der Waals surface area contributed by atoms with Crippen molar-refractivity contribution in [2.24, 2.45) is 0 Å². The zero-order valence-electron chi connectivity index (χ0n) is 16.1. The summed E-state index contributed by atoms with van der Waals surface area (Å²) in [4.78, 5) is -0.121. The largest absolute Gasteiger partial charge is 0.294 e. The van der Waals surface area contributed by atoms with Crippen molar-refractivity contribution in [3.05, 3.63) is 138 Å². The van der Waals surface area contributed by atoms with Crippen molar-refractivity contribution < 1.29 is 13.0 Å². The van der Waals surface area contributed by atoms with Crippen LogP contribution in [0.25, 0.3) is 0 Å². The van der Waals surface area contributed by atoms with E-state index in [1.54, 1.807) is 12.1 Å². The van der Waals surface area contributed by atoms with Crippen LogP contribution in [0.2, 0.25) is 0 Å². The standard InChI is InChI=1S/C25H20O3S.H2S/c26-29(27,28)24-18-16-23(17-19-24)25(20-10-4-1-5-11-20,21-12-6-2-7-13-21)22-14-8-3-9-15-22;/h1-19H,(H,26,27,28);1H2. The third-order valence-corrected chi connectivity index (χ3v) is 6.07. The minimum absolute atomic E-state index is 0. The van der Waals surface area contributed by atoms with E-state index >= 15 is 0 Å². The Morgan fingerprint density at radius 2 is 0.800 bits per heavy atom. The Balaban J connectivity index is 0.00000256. The molecular formula is C25H22O3S2. The summed E-state index contributed by atoms with van der Waals surface area (Å²) >= 11 is 0. The molecule has 4 aromatic carbocycles. The van der Waals surface area contributed by atoms with Crippen LogP contribution in [0, 0.1) is 0 Å². The lowest BCUT2D eigenvalue weighted by atomic mass is 9.65. The Hall–Kier alpha value is -2.86. The van der Waals surface area contributed by atoms with E-state index in [9.17, 15) is 13.0 Å². The smallest absolute Gasteiger partial charge is 0.282 e. The Labute approximate surface area is 184 Å². The van der Waals surface area contributed by atoms with Gasteiger partial charge in [-0.1, -0.05) is 103 Å². The minimum atomic E-state index is -4.26. The first kappa shape index (κ1) is 21.8. The van der Waals surface area contributed by atoms with Crippen LogP contribution < -0.4 is 0 Å². The van der Waals surface area contributed by atoms with Crippen LogP contribution >= 0.6 is 13.5 Å². The molecule has 0 amide bonds. The highest BCUT2D eigenvalue weighted by Gasteiger charge is 2.38. The van der Waals surface area contributed by atoms with Gasteiger partial charge in [-0.2, -0.15) is 21.9 Å². The van der Waals surface area contributed by atoms with Gasteiger partial charge >= 0.3 is 0 Å². The van der Waals surface area contributed by atoms with E-state index in [4.69, 9.17) is 0 Å². The van der Waals surface area contributed by atoms with Crippen LogP contribution in [0.15, 0.2) is 120 Å². The highest BCUT2D eigenvalue weighted by molar-refractivity contribution is 7.85. The number of hydrogen-bond acceptors (Lipinski definition) is 2. The van der Waals surface area contributed by atoms with Crippen LogP contribution in [0.3, 0.4) is 0 Å². The Morgan fingerprint density at radius 1 is 0.500 bits per heavy atom. The van der Waals surface area contributed by atoms with E-state index in [0.717, 1.165) is 22.3 Å². The summed E-state index contributed by atoms with van der Waals surface area (Å²) in [7, 11) is -4.26. The molecule has 0 unspecified atom stereocenters. The van der Waals surface area contributed by atoms with Crippen molar-refractivity contribution in [1.29, 1.82) is 0 Å². The molecule has 4 rings (SSSR count). The lowest BCUT2D eigenvalue weighted by Gasteiger charge is -2.36. The predicted octanol–water partition coefficient (Wildman–Crippen LogP) is 5.43. The zero-order valence-corrected chi connectivity index (χ0v) is 18.0. The van der Waals surface area contributed by atoms with Gasteiger partial charge in [0.1, 0.15) is 0 Å². The second kappa shape index (κ2) is 8.88. The molecule has 0 saturated heterocycles. The molecule has 0 radical (unpaired) electrons. The first-order valence-electron chi connectivity index (χ1n) is 9.27. The topological polar surface area (TPSA) is 54.4 Å². The van der Waals surface area contributed by atoms with Crippen LogP contribution in [0.1, 0.15) is 22.3 Å². The van der Waals surface area contributed by atoms with Gasteiger partial charge < -0.3 is 0 Å². The first-order chi connectivity index (χ1) is 14.0. The van der Waals surface area contributed by atoms with E-state index in [1.165, 1.54) is 12.1 Å². The molecule has 0 heterocycles. The second-order valence-corrected chi connectivity index (χ2v) is 8.27. The van der Waals surface area contributed by atoms with Gasteiger partial charge in [0.25, 0.3) is 10.1 Å². The number of hydrogen-bond donors (Lipinski definition) is 1. The Morgan fingerprint density at radius 3 is 1.10 bits per heavy atom. The van der Waals surface area contributed by atoms with Gasteiger partial charge in [-0.25, -0.2) is 0 Å². The third-order valence-electron chi connectivity index (χ3n) is 5.21. The minimum Gasteiger partial charge on any atom is -0.282 e. The summed E-state index contributed by atoms with van der Waals surface area (Å²) in [5, 5.41) is 0. The van der Waals surface area contributed by atoms with Crippen molar-refractivity contribution in [2.45, 2.75) is 10.3 Å². The summed E-state index contributed by atoms with van der Waals surface area (Å²) in [5.41, 5.74) is 3.47. The monoisotopic (exact) mass is 434 g/mol. The van der Waals surface area contributed by atoms with Gasteiger partial charge in [-0.3, -0.25) is 4.55 Å². The molecule has 0 bridgehead atoms. The normalized spacial score (nSPS) is 11.5. The molecular weight excluding hydrogens is 412 g/mol. The molecule has 0 aliphatic carbocycles. The fraction of sp³-hybridized carbons (Fsp3) is 0.0400. The van der Waals surface area contributed by atoms with Crippen molar-refractivity contribution >= 4 is 23.6 Å². The van der Waals surface area contributed by atoms with E-state index < -0.39 is 15.5 Å². The molecule has 0 spiro atoms. The van der Waals surface area contributed by atoms with Gasteiger partial charge in [0.2, 0.25) is 0 Å². The molecule has 0 aliphatic rings. The molecule has 0 saturated carbocycles. The third kappa shape index (κ3) is 3.92. The van der Waals surface area contributed by atoms with E-state index in [1.807, 2.05) is 54.6 Å². The fourth-order valence-electron chi connectivity index (χ4n) is 3.94. The predicted molar refractivity (Wildman–Crippen MR) is 125 cm³/mol. The number of rotatable bonds is 5. The highest BCUT2D eigenvalue weighted by atomic mass is 32.2. The van der Waals surface area contributed by atoms with Gasteiger partial charge in [0.05, 0.1) is 10.3 Å². The van der Waals surface area contributed by atoms with Gasteiger partial charge in [-0.05, 0) is 34.4 Å². The maximum atomic E-state index is 11.6. The summed E-state index contributed by atoms with van der Waals surface area (Å²) in [5.74, 6) is 0. The molecule has 30 heavy (non-hydrogen) atoms. The van der Waals surface area contributed by atoms with Crippen molar-refractivity contribution in [3.63, 3.8) is 0 Å².